The third-order valence-corrected chi connectivity index (χ3v) is 5.11. The molecule has 7 nitrogen and oxygen atoms in total. The molecular formula is C22H36N4O3. The predicted octanol–water partition coefficient (Wildman–Crippen LogP) is 2.46. The van der Waals surface area contributed by atoms with Gasteiger partial charge in [0.2, 0.25) is 0 Å². The zero-order chi connectivity index (χ0) is 21.1. The van der Waals surface area contributed by atoms with Gasteiger partial charge >= 0.3 is 0 Å². The SMILES string of the molecule is C=CCN1CCC(NC(=NCCc2c(OC)cc(OC)cc2OC)NCC)CC1. The number of piperidine rings is 1. The van der Waals surface area contributed by atoms with Gasteiger partial charge in [-0.1, -0.05) is 6.08 Å². The highest BCUT2D eigenvalue weighted by Gasteiger charge is 2.19. The minimum atomic E-state index is 0.443. The van der Waals surface area contributed by atoms with Crippen LogP contribution in [-0.4, -0.2) is 71.0 Å². The van der Waals surface area contributed by atoms with Crippen LogP contribution >= 0.6 is 0 Å². The van der Waals surface area contributed by atoms with Crippen molar-refractivity contribution in [2.24, 2.45) is 4.99 Å². The lowest BCUT2D eigenvalue weighted by Crippen LogP contribution is -2.48. The number of likely N-dealkylation sites (tertiary alicyclic amines) is 1. The van der Waals surface area contributed by atoms with Crippen LogP contribution in [0.3, 0.4) is 0 Å². The molecule has 0 bridgehead atoms. The van der Waals surface area contributed by atoms with E-state index in [9.17, 15) is 0 Å². The third-order valence-electron chi connectivity index (χ3n) is 5.11. The summed E-state index contributed by atoms with van der Waals surface area (Å²) in [4.78, 5) is 7.20. The van der Waals surface area contributed by atoms with Gasteiger partial charge in [0.15, 0.2) is 5.96 Å². The molecule has 1 heterocycles. The molecule has 29 heavy (non-hydrogen) atoms. The van der Waals surface area contributed by atoms with Crippen LogP contribution in [0.25, 0.3) is 0 Å². The topological polar surface area (TPSA) is 67.4 Å². The van der Waals surface area contributed by atoms with Crippen LogP contribution in [0.5, 0.6) is 17.2 Å². The zero-order valence-electron chi connectivity index (χ0n) is 18.3. The number of methoxy groups -OCH3 is 3. The van der Waals surface area contributed by atoms with Gasteiger partial charge in [-0.25, -0.2) is 0 Å². The highest BCUT2D eigenvalue weighted by molar-refractivity contribution is 5.80. The summed E-state index contributed by atoms with van der Waals surface area (Å²) in [7, 11) is 4.95. The Morgan fingerprint density at radius 3 is 2.34 bits per heavy atom. The van der Waals surface area contributed by atoms with Crippen molar-refractivity contribution in [2.45, 2.75) is 32.2 Å². The lowest BCUT2D eigenvalue weighted by atomic mass is 10.1. The number of hydrogen-bond donors (Lipinski definition) is 2. The monoisotopic (exact) mass is 404 g/mol. The molecule has 0 saturated carbocycles. The average molecular weight is 405 g/mol. The molecule has 1 fully saturated rings. The molecule has 2 N–H and O–H groups in total. The number of benzene rings is 1. The van der Waals surface area contributed by atoms with E-state index in [0.29, 0.717) is 24.8 Å². The van der Waals surface area contributed by atoms with Gasteiger partial charge in [0.1, 0.15) is 17.2 Å². The minimum Gasteiger partial charge on any atom is -0.496 e. The number of nitrogens with zero attached hydrogens (tertiary/aromatic N) is 2. The molecule has 0 aliphatic carbocycles. The molecule has 1 saturated heterocycles. The molecule has 0 unspecified atom stereocenters. The maximum Gasteiger partial charge on any atom is 0.191 e. The standard InChI is InChI=1S/C22H36N4O3/c1-6-12-26-13-9-17(10-14-26)25-22(23-7-2)24-11-8-19-20(28-4)15-18(27-3)16-21(19)29-5/h6,15-17H,1,7-14H2,2-5H3,(H2,23,24,25). The first-order valence-corrected chi connectivity index (χ1v) is 10.3. The Balaban J connectivity index is 1.99. The van der Waals surface area contributed by atoms with Crippen LogP contribution in [0.1, 0.15) is 25.3 Å². The van der Waals surface area contributed by atoms with Crippen molar-refractivity contribution in [1.82, 2.24) is 15.5 Å². The lowest BCUT2D eigenvalue weighted by molar-refractivity contribution is 0.225. The minimum absolute atomic E-state index is 0.443. The molecule has 1 aromatic carbocycles. The second-order valence-corrected chi connectivity index (χ2v) is 7.03. The second kappa shape index (κ2) is 12.2. The van der Waals surface area contributed by atoms with E-state index in [4.69, 9.17) is 19.2 Å². The number of nitrogens with one attached hydrogen (secondary N) is 2. The highest BCUT2D eigenvalue weighted by Crippen LogP contribution is 2.34. The van der Waals surface area contributed by atoms with E-state index < -0.39 is 0 Å². The first kappa shape index (κ1) is 22.9. The molecule has 0 amide bonds. The summed E-state index contributed by atoms with van der Waals surface area (Å²) in [6, 6.07) is 4.20. The average Bonchev–Trinajstić information content (AvgIpc) is 2.75. The predicted molar refractivity (Wildman–Crippen MR) is 119 cm³/mol. The fourth-order valence-corrected chi connectivity index (χ4v) is 3.56. The fraction of sp³-hybridized carbons (Fsp3) is 0.591. The van der Waals surface area contributed by atoms with E-state index in [0.717, 1.165) is 62.0 Å². The molecule has 1 aliphatic rings. The summed E-state index contributed by atoms with van der Waals surface area (Å²) >= 11 is 0. The molecule has 0 spiro atoms. The Morgan fingerprint density at radius 1 is 1.17 bits per heavy atom. The van der Waals surface area contributed by atoms with Crippen LogP contribution in [-0.2, 0) is 6.42 Å². The number of hydrogen-bond acceptors (Lipinski definition) is 5. The van der Waals surface area contributed by atoms with E-state index in [1.54, 1.807) is 21.3 Å². The van der Waals surface area contributed by atoms with Gasteiger partial charge in [-0.05, 0) is 26.2 Å². The van der Waals surface area contributed by atoms with Crippen LogP contribution < -0.4 is 24.8 Å². The van der Waals surface area contributed by atoms with E-state index in [-0.39, 0.29) is 0 Å². The summed E-state index contributed by atoms with van der Waals surface area (Å²) in [5.74, 6) is 3.08. The first-order chi connectivity index (χ1) is 14.1. The van der Waals surface area contributed by atoms with Crippen LogP contribution in [0.4, 0.5) is 0 Å². The van der Waals surface area contributed by atoms with Gasteiger partial charge in [-0.15, -0.1) is 6.58 Å². The molecule has 162 valence electrons. The van der Waals surface area contributed by atoms with Gasteiger partial charge in [0.05, 0.1) is 21.3 Å². The molecule has 1 aliphatic heterocycles. The maximum atomic E-state index is 5.54. The first-order valence-electron chi connectivity index (χ1n) is 10.3. The van der Waals surface area contributed by atoms with E-state index in [1.165, 1.54) is 0 Å². The number of rotatable bonds is 10. The van der Waals surface area contributed by atoms with Crippen molar-refractivity contribution in [3.05, 3.63) is 30.4 Å². The molecular weight excluding hydrogens is 368 g/mol. The Hall–Kier alpha value is -2.41. The second-order valence-electron chi connectivity index (χ2n) is 7.03. The van der Waals surface area contributed by atoms with Gasteiger partial charge in [-0.3, -0.25) is 9.89 Å². The Labute approximate surface area is 175 Å². The third kappa shape index (κ3) is 6.85. The Kier molecular flexibility index (Phi) is 9.64. The fourth-order valence-electron chi connectivity index (χ4n) is 3.56. The normalized spacial score (nSPS) is 15.7. The van der Waals surface area contributed by atoms with Gasteiger partial charge < -0.3 is 24.8 Å². The van der Waals surface area contributed by atoms with Crippen LogP contribution in [0.15, 0.2) is 29.8 Å². The Bertz CT molecular complexity index is 645. The lowest BCUT2D eigenvalue weighted by Gasteiger charge is -2.32. The molecule has 0 radical (unpaired) electrons. The smallest absolute Gasteiger partial charge is 0.191 e. The van der Waals surface area contributed by atoms with Gasteiger partial charge in [0, 0.05) is 56.5 Å². The summed E-state index contributed by atoms with van der Waals surface area (Å²) in [6.07, 6.45) is 4.91. The molecule has 1 aromatic rings. The molecule has 0 atom stereocenters. The number of guanidine groups is 1. The summed E-state index contributed by atoms with van der Waals surface area (Å²) < 4.78 is 16.4. The van der Waals surface area contributed by atoms with Crippen LogP contribution in [0.2, 0.25) is 0 Å². The van der Waals surface area contributed by atoms with E-state index in [2.05, 4.69) is 29.0 Å². The highest BCUT2D eigenvalue weighted by atomic mass is 16.5. The van der Waals surface area contributed by atoms with Crippen molar-refractivity contribution in [1.29, 1.82) is 0 Å². The van der Waals surface area contributed by atoms with Gasteiger partial charge in [0.25, 0.3) is 0 Å². The maximum absolute atomic E-state index is 5.54. The van der Waals surface area contributed by atoms with Crippen LogP contribution in [0, 0.1) is 0 Å². The number of aliphatic imine (C=N–C) groups is 1. The summed E-state index contributed by atoms with van der Waals surface area (Å²) in [5, 5.41) is 6.94. The summed E-state index contributed by atoms with van der Waals surface area (Å²) in [5.41, 5.74) is 0.994. The zero-order valence-corrected chi connectivity index (χ0v) is 18.3. The van der Waals surface area contributed by atoms with Crippen molar-refractivity contribution in [2.75, 3.05) is 54.1 Å². The molecule has 2 rings (SSSR count). The Morgan fingerprint density at radius 2 is 1.83 bits per heavy atom. The van der Waals surface area contributed by atoms with Crippen molar-refractivity contribution >= 4 is 5.96 Å². The van der Waals surface area contributed by atoms with E-state index in [1.807, 2.05) is 18.2 Å². The molecule has 7 heteroatoms. The quantitative estimate of drug-likeness (QED) is 0.355. The summed E-state index contributed by atoms with van der Waals surface area (Å²) in [6.45, 7) is 10.5. The number of ether oxygens (including phenoxy) is 3. The van der Waals surface area contributed by atoms with Gasteiger partial charge in [-0.2, -0.15) is 0 Å². The van der Waals surface area contributed by atoms with Crippen molar-refractivity contribution in [3.8, 4) is 17.2 Å². The molecule has 0 aromatic heterocycles. The van der Waals surface area contributed by atoms with Crippen molar-refractivity contribution < 1.29 is 14.2 Å². The van der Waals surface area contributed by atoms with E-state index >= 15 is 0 Å². The van der Waals surface area contributed by atoms with Crippen molar-refractivity contribution in [3.63, 3.8) is 0 Å². The largest absolute Gasteiger partial charge is 0.496 e.